The number of ether oxygens (including phenoxy) is 2. The molecule has 3 aliphatic heterocycles. The normalized spacial score (nSPS) is 19.0. The van der Waals surface area contributed by atoms with Crippen LogP contribution in [-0.2, 0) is 21.6 Å². The molecule has 11 heteroatoms. The molecule has 2 saturated heterocycles. The van der Waals surface area contributed by atoms with Crippen LogP contribution < -0.4 is 5.32 Å². The number of carbonyl (C=O) groups excluding carboxylic acids is 1. The lowest BCUT2D eigenvalue weighted by atomic mass is 9.94. The average Bonchev–Trinajstić information content (AvgIpc) is 3.30. The van der Waals surface area contributed by atoms with Crippen LogP contribution in [0.25, 0.3) is 10.6 Å². The average molecular weight is 517 g/mol. The molecule has 1 aromatic carbocycles. The molecular weight excluding hydrogens is 493 g/mol. The summed E-state index contributed by atoms with van der Waals surface area (Å²) in [7, 11) is 0. The standard InChI is InChI=1S/C25H23F3N4O3S/c1-13-9-29-24(30-15-4-6-34-7-5-15)31-20(13)21-19(28)18-22(36-21)25(11-35-12-25)32(23(18)33)10-14-2-3-16(26)17(27)8-14/h2-3,8-9,15H,4-7,10-12H2,1H3,(H,29,30,31). The molecule has 36 heavy (non-hydrogen) atoms. The lowest BCUT2D eigenvalue weighted by Crippen LogP contribution is -2.56. The van der Waals surface area contributed by atoms with Crippen molar-refractivity contribution in [3.8, 4) is 10.6 Å². The van der Waals surface area contributed by atoms with Crippen LogP contribution in [0.5, 0.6) is 0 Å². The number of aromatic nitrogens is 2. The van der Waals surface area contributed by atoms with E-state index < -0.39 is 28.9 Å². The number of hydrogen-bond donors (Lipinski definition) is 1. The van der Waals surface area contributed by atoms with E-state index in [1.54, 1.807) is 13.1 Å². The molecule has 0 aliphatic carbocycles. The van der Waals surface area contributed by atoms with Gasteiger partial charge in [-0.3, -0.25) is 4.79 Å². The zero-order valence-corrected chi connectivity index (χ0v) is 20.3. The van der Waals surface area contributed by atoms with Crippen molar-refractivity contribution in [3.05, 3.63) is 63.4 Å². The van der Waals surface area contributed by atoms with Crippen LogP contribution in [0, 0.1) is 24.4 Å². The quantitative estimate of drug-likeness (QED) is 0.542. The highest BCUT2D eigenvalue weighted by Gasteiger charge is 2.57. The second-order valence-corrected chi connectivity index (χ2v) is 10.4. The van der Waals surface area contributed by atoms with Crippen LogP contribution in [0.2, 0.25) is 0 Å². The maximum absolute atomic E-state index is 15.9. The number of amides is 1. The molecular formula is C25H23F3N4O3S. The van der Waals surface area contributed by atoms with Crippen molar-refractivity contribution < 1.29 is 27.4 Å². The van der Waals surface area contributed by atoms with Gasteiger partial charge in [0.1, 0.15) is 5.54 Å². The Morgan fingerprint density at radius 2 is 1.94 bits per heavy atom. The lowest BCUT2D eigenvalue weighted by Gasteiger charge is -2.45. The number of nitrogens with zero attached hydrogens (tertiary/aromatic N) is 3. The number of rotatable bonds is 5. The Kier molecular flexibility index (Phi) is 5.73. The largest absolute Gasteiger partial charge is 0.381 e. The van der Waals surface area contributed by atoms with Gasteiger partial charge < -0.3 is 19.7 Å². The summed E-state index contributed by atoms with van der Waals surface area (Å²) < 4.78 is 53.9. The molecule has 188 valence electrons. The number of benzene rings is 1. The molecule has 0 unspecified atom stereocenters. The summed E-state index contributed by atoms with van der Waals surface area (Å²) in [5.41, 5.74) is 0.700. The van der Waals surface area contributed by atoms with Gasteiger partial charge in [0, 0.05) is 32.0 Å². The Hall–Kier alpha value is -3.02. The number of hydrogen-bond acceptors (Lipinski definition) is 7. The van der Waals surface area contributed by atoms with Gasteiger partial charge in [-0.25, -0.2) is 23.1 Å². The van der Waals surface area contributed by atoms with Gasteiger partial charge in [0.05, 0.1) is 34.2 Å². The van der Waals surface area contributed by atoms with Gasteiger partial charge in [0.2, 0.25) is 5.95 Å². The zero-order chi connectivity index (χ0) is 25.0. The fourth-order valence-electron chi connectivity index (χ4n) is 4.93. The van der Waals surface area contributed by atoms with Crippen LogP contribution in [0.3, 0.4) is 0 Å². The van der Waals surface area contributed by atoms with E-state index in [0.29, 0.717) is 40.9 Å². The molecule has 5 heterocycles. The van der Waals surface area contributed by atoms with Crippen molar-refractivity contribution in [3.63, 3.8) is 0 Å². The molecule has 1 spiro atoms. The van der Waals surface area contributed by atoms with Gasteiger partial charge in [0.25, 0.3) is 5.91 Å². The summed E-state index contributed by atoms with van der Waals surface area (Å²) in [6.45, 7) is 3.55. The van der Waals surface area contributed by atoms with Crippen molar-refractivity contribution in [1.82, 2.24) is 14.9 Å². The first-order chi connectivity index (χ1) is 17.4. The highest BCUT2D eigenvalue weighted by atomic mass is 32.1. The maximum atomic E-state index is 15.9. The second kappa shape index (κ2) is 8.82. The highest BCUT2D eigenvalue weighted by molar-refractivity contribution is 7.16. The minimum absolute atomic E-state index is 0.00201. The molecule has 6 rings (SSSR count). The number of nitrogens with one attached hydrogen (secondary N) is 1. The minimum atomic E-state index is -0.995. The summed E-state index contributed by atoms with van der Waals surface area (Å²) in [4.78, 5) is 24.8. The first-order valence-electron chi connectivity index (χ1n) is 11.7. The number of halogens is 3. The van der Waals surface area contributed by atoms with E-state index in [4.69, 9.17) is 9.47 Å². The summed E-state index contributed by atoms with van der Waals surface area (Å²) >= 11 is 1.19. The van der Waals surface area contributed by atoms with Crippen molar-refractivity contribution in [1.29, 1.82) is 0 Å². The molecule has 0 bridgehead atoms. The van der Waals surface area contributed by atoms with Gasteiger partial charge in [-0.2, -0.15) is 0 Å². The third kappa shape index (κ3) is 3.68. The molecule has 0 atom stereocenters. The number of thiophene rings is 1. The summed E-state index contributed by atoms with van der Waals surface area (Å²) in [5.74, 6) is -2.67. The van der Waals surface area contributed by atoms with E-state index in [2.05, 4.69) is 15.3 Å². The van der Waals surface area contributed by atoms with Crippen molar-refractivity contribution in [2.75, 3.05) is 31.7 Å². The maximum Gasteiger partial charge on any atom is 0.259 e. The van der Waals surface area contributed by atoms with Crippen molar-refractivity contribution in [2.24, 2.45) is 0 Å². The number of fused-ring (bicyclic) bond motifs is 2. The second-order valence-electron chi connectivity index (χ2n) is 9.37. The molecule has 0 saturated carbocycles. The summed E-state index contributed by atoms with van der Waals surface area (Å²) in [5, 5.41) is 3.30. The van der Waals surface area contributed by atoms with Crippen LogP contribution in [0.4, 0.5) is 19.1 Å². The molecule has 7 nitrogen and oxygen atoms in total. The fourth-order valence-corrected chi connectivity index (χ4v) is 6.32. The third-order valence-corrected chi connectivity index (χ3v) is 8.36. The van der Waals surface area contributed by atoms with Crippen LogP contribution in [-0.4, -0.2) is 53.2 Å². The number of anilines is 1. The molecule has 3 aromatic rings. The van der Waals surface area contributed by atoms with Crippen molar-refractivity contribution in [2.45, 2.75) is 37.9 Å². The Morgan fingerprint density at radius 1 is 1.17 bits per heavy atom. The van der Waals surface area contributed by atoms with Gasteiger partial charge in [-0.05, 0) is 43.0 Å². The molecule has 2 aromatic heterocycles. The number of aryl methyl sites for hydroxylation is 1. The van der Waals surface area contributed by atoms with E-state index in [-0.39, 0.29) is 36.2 Å². The Morgan fingerprint density at radius 3 is 2.64 bits per heavy atom. The molecule has 1 amide bonds. The monoisotopic (exact) mass is 516 g/mol. The Balaban J connectivity index is 1.34. The molecule has 0 radical (unpaired) electrons. The summed E-state index contributed by atoms with van der Waals surface area (Å²) in [6, 6.07) is 3.67. The van der Waals surface area contributed by atoms with E-state index in [0.717, 1.165) is 25.0 Å². The fraction of sp³-hybridized carbons (Fsp3) is 0.400. The van der Waals surface area contributed by atoms with E-state index in [9.17, 15) is 13.6 Å². The molecule has 1 N–H and O–H groups in total. The minimum Gasteiger partial charge on any atom is -0.381 e. The predicted molar refractivity (Wildman–Crippen MR) is 126 cm³/mol. The first kappa shape index (κ1) is 23.4. The van der Waals surface area contributed by atoms with Gasteiger partial charge in [0.15, 0.2) is 17.5 Å². The zero-order valence-electron chi connectivity index (χ0n) is 19.4. The van der Waals surface area contributed by atoms with Gasteiger partial charge >= 0.3 is 0 Å². The summed E-state index contributed by atoms with van der Waals surface area (Å²) in [6.07, 6.45) is 3.31. The van der Waals surface area contributed by atoms with Crippen molar-refractivity contribution >= 4 is 23.2 Å². The Bertz CT molecular complexity index is 1350. The Labute approximate surface area is 209 Å². The van der Waals surface area contributed by atoms with Gasteiger partial charge in [-0.15, -0.1) is 11.3 Å². The van der Waals surface area contributed by atoms with E-state index in [1.165, 1.54) is 22.3 Å². The molecule has 2 fully saturated rings. The van der Waals surface area contributed by atoms with Crippen LogP contribution in [0.1, 0.15) is 39.2 Å². The first-order valence-corrected chi connectivity index (χ1v) is 12.5. The highest BCUT2D eigenvalue weighted by Crippen LogP contribution is 2.52. The lowest BCUT2D eigenvalue weighted by molar-refractivity contribution is -0.126. The van der Waals surface area contributed by atoms with E-state index in [1.807, 2.05) is 0 Å². The predicted octanol–water partition coefficient (Wildman–Crippen LogP) is 4.40. The van der Waals surface area contributed by atoms with Crippen LogP contribution in [0.15, 0.2) is 24.4 Å². The smallest absolute Gasteiger partial charge is 0.259 e. The SMILES string of the molecule is Cc1cnc(NC2CCOCC2)nc1-c1sc2c(c1F)C(=O)N(Cc1ccc(F)c(F)c1)C21COC1. The van der Waals surface area contributed by atoms with Crippen LogP contribution >= 0.6 is 11.3 Å². The topological polar surface area (TPSA) is 76.6 Å². The third-order valence-electron chi connectivity index (χ3n) is 7.00. The molecule has 3 aliphatic rings. The number of carbonyl (C=O) groups is 1. The van der Waals surface area contributed by atoms with Gasteiger partial charge in [-0.1, -0.05) is 6.07 Å². The van der Waals surface area contributed by atoms with E-state index >= 15 is 4.39 Å².